The molecule has 0 heterocycles. The van der Waals surface area contributed by atoms with Gasteiger partial charge in [-0.05, 0) is 68.3 Å². The number of carbonyl (C=O) groups is 2. The van der Waals surface area contributed by atoms with Crippen LogP contribution in [0, 0.1) is 6.92 Å². The first-order chi connectivity index (χ1) is 17.7. The smallest absolute Gasteiger partial charge is 0.264 e. The number of aryl methyl sites for hydroxylation is 1. The van der Waals surface area contributed by atoms with Gasteiger partial charge in [0.15, 0.2) is 0 Å². The first kappa shape index (κ1) is 27.7. The maximum atomic E-state index is 13.8. The molecule has 37 heavy (non-hydrogen) atoms. The van der Waals surface area contributed by atoms with Crippen LogP contribution >= 0.6 is 0 Å². The van der Waals surface area contributed by atoms with E-state index in [1.54, 1.807) is 69.5 Å². The van der Waals surface area contributed by atoms with Gasteiger partial charge in [-0.3, -0.25) is 13.9 Å². The van der Waals surface area contributed by atoms with Crippen molar-refractivity contribution in [2.75, 3.05) is 24.5 Å². The molecule has 0 radical (unpaired) electrons. The Hall–Kier alpha value is -3.85. The lowest BCUT2D eigenvalue weighted by molar-refractivity contribution is -0.139. The number of amides is 2. The average molecular weight is 524 g/mol. The topological polar surface area (TPSA) is 96.0 Å². The fraction of sp³-hybridized carbons (Fsp3) is 0.286. The third-order valence-corrected chi connectivity index (χ3v) is 7.72. The van der Waals surface area contributed by atoms with Crippen LogP contribution in [0.25, 0.3) is 0 Å². The van der Waals surface area contributed by atoms with Gasteiger partial charge in [0.25, 0.3) is 10.0 Å². The van der Waals surface area contributed by atoms with Gasteiger partial charge >= 0.3 is 0 Å². The predicted octanol–water partition coefficient (Wildman–Crippen LogP) is 3.75. The minimum absolute atomic E-state index is 0.0720. The van der Waals surface area contributed by atoms with E-state index in [1.165, 1.54) is 17.0 Å². The summed E-state index contributed by atoms with van der Waals surface area (Å²) in [5.41, 5.74) is 1.99. The van der Waals surface area contributed by atoms with Crippen LogP contribution in [0.4, 0.5) is 5.69 Å². The summed E-state index contributed by atoms with van der Waals surface area (Å²) in [6.45, 7) is 5.34. The van der Waals surface area contributed by atoms with Crippen LogP contribution in [-0.4, -0.2) is 51.4 Å². The fourth-order valence-corrected chi connectivity index (χ4v) is 5.29. The van der Waals surface area contributed by atoms with E-state index < -0.39 is 28.5 Å². The molecule has 0 unspecified atom stereocenters. The molecular weight excluding hydrogens is 490 g/mol. The van der Waals surface area contributed by atoms with Crippen LogP contribution in [0.3, 0.4) is 0 Å². The minimum atomic E-state index is -4.07. The maximum Gasteiger partial charge on any atom is 0.264 e. The van der Waals surface area contributed by atoms with E-state index in [9.17, 15) is 18.0 Å². The van der Waals surface area contributed by atoms with Crippen molar-refractivity contribution in [3.63, 3.8) is 0 Å². The summed E-state index contributed by atoms with van der Waals surface area (Å²) < 4.78 is 33.7. The highest BCUT2D eigenvalue weighted by Gasteiger charge is 2.32. The standard InChI is InChI=1S/C28H33N3O5S/c1-5-29-28(33)22(3)30(19-23-14-16-25(36-4)17-15-23)27(32)20-31(24-11-9-10-21(2)18-24)37(34,35)26-12-7-6-8-13-26/h6-18,22H,5,19-20H2,1-4H3,(H,29,33)/t22-/m0/s1. The van der Waals surface area contributed by atoms with Crippen LogP contribution in [0.1, 0.15) is 25.0 Å². The van der Waals surface area contributed by atoms with Gasteiger partial charge in [-0.1, -0.05) is 42.5 Å². The summed E-state index contributed by atoms with van der Waals surface area (Å²) in [4.78, 5) is 28.0. The second-order valence-electron chi connectivity index (χ2n) is 8.60. The molecule has 9 heteroatoms. The highest BCUT2D eigenvalue weighted by Crippen LogP contribution is 2.25. The van der Waals surface area contributed by atoms with Gasteiger partial charge in [-0.2, -0.15) is 0 Å². The number of sulfonamides is 1. The molecule has 0 aliphatic carbocycles. The van der Waals surface area contributed by atoms with Crippen molar-refractivity contribution >= 4 is 27.5 Å². The highest BCUT2D eigenvalue weighted by atomic mass is 32.2. The fourth-order valence-electron chi connectivity index (χ4n) is 3.86. The Morgan fingerprint density at radius 1 is 0.973 bits per heavy atom. The number of benzene rings is 3. The molecule has 0 saturated carbocycles. The predicted molar refractivity (Wildman–Crippen MR) is 144 cm³/mol. The molecule has 1 atom stereocenters. The van der Waals surface area contributed by atoms with E-state index in [0.29, 0.717) is 18.0 Å². The second kappa shape index (κ2) is 12.4. The molecule has 196 valence electrons. The zero-order chi connectivity index (χ0) is 27.0. The molecule has 0 saturated heterocycles. The van der Waals surface area contributed by atoms with Gasteiger partial charge in [-0.25, -0.2) is 8.42 Å². The molecule has 3 aromatic carbocycles. The van der Waals surface area contributed by atoms with E-state index in [4.69, 9.17) is 4.74 Å². The molecule has 0 spiro atoms. The Balaban J connectivity index is 2.00. The van der Waals surface area contributed by atoms with Crippen molar-refractivity contribution in [2.45, 2.75) is 38.3 Å². The Morgan fingerprint density at radius 2 is 1.65 bits per heavy atom. The molecule has 0 bridgehead atoms. The summed E-state index contributed by atoms with van der Waals surface area (Å²) in [7, 11) is -2.50. The number of hydrogen-bond donors (Lipinski definition) is 1. The van der Waals surface area contributed by atoms with Crippen LogP contribution in [0.5, 0.6) is 5.75 Å². The number of methoxy groups -OCH3 is 1. The monoisotopic (exact) mass is 523 g/mol. The van der Waals surface area contributed by atoms with Crippen molar-refractivity contribution in [2.24, 2.45) is 0 Å². The molecule has 2 amide bonds. The van der Waals surface area contributed by atoms with Gasteiger partial charge in [0.1, 0.15) is 18.3 Å². The summed E-state index contributed by atoms with van der Waals surface area (Å²) in [5, 5.41) is 2.75. The number of nitrogens with one attached hydrogen (secondary N) is 1. The van der Waals surface area contributed by atoms with Crippen molar-refractivity contribution in [3.05, 3.63) is 90.0 Å². The number of likely N-dealkylation sites (N-methyl/N-ethyl adjacent to an activating group) is 1. The Morgan fingerprint density at radius 3 is 2.24 bits per heavy atom. The molecular formula is C28H33N3O5S. The lowest BCUT2D eigenvalue weighted by Gasteiger charge is -2.32. The van der Waals surface area contributed by atoms with Gasteiger partial charge in [-0.15, -0.1) is 0 Å². The van der Waals surface area contributed by atoms with Crippen LogP contribution in [0.15, 0.2) is 83.8 Å². The summed E-state index contributed by atoms with van der Waals surface area (Å²) in [6, 6.07) is 21.3. The highest BCUT2D eigenvalue weighted by molar-refractivity contribution is 7.92. The Kier molecular flexibility index (Phi) is 9.30. The van der Waals surface area contributed by atoms with E-state index in [2.05, 4.69) is 5.32 Å². The maximum absolute atomic E-state index is 13.8. The van der Waals surface area contributed by atoms with Gasteiger partial charge < -0.3 is 15.0 Å². The number of ether oxygens (including phenoxy) is 1. The lowest BCUT2D eigenvalue weighted by atomic mass is 10.1. The number of rotatable bonds is 11. The van der Waals surface area contributed by atoms with Crippen molar-refractivity contribution in [3.8, 4) is 5.75 Å². The second-order valence-corrected chi connectivity index (χ2v) is 10.5. The average Bonchev–Trinajstić information content (AvgIpc) is 2.90. The normalized spacial score (nSPS) is 11.9. The van der Waals surface area contributed by atoms with Crippen LogP contribution in [0.2, 0.25) is 0 Å². The van der Waals surface area contributed by atoms with Crippen LogP contribution in [-0.2, 0) is 26.2 Å². The summed E-state index contributed by atoms with van der Waals surface area (Å²) in [6.07, 6.45) is 0. The molecule has 3 aromatic rings. The Labute approximate surface area is 218 Å². The van der Waals surface area contributed by atoms with Gasteiger partial charge in [0, 0.05) is 13.1 Å². The van der Waals surface area contributed by atoms with Crippen molar-refractivity contribution in [1.82, 2.24) is 10.2 Å². The van der Waals surface area contributed by atoms with E-state index in [0.717, 1.165) is 15.4 Å². The number of carbonyl (C=O) groups excluding carboxylic acids is 2. The Bertz CT molecular complexity index is 1310. The molecule has 1 N–H and O–H groups in total. The zero-order valence-corrected chi connectivity index (χ0v) is 22.4. The van der Waals surface area contributed by atoms with E-state index >= 15 is 0 Å². The molecule has 0 fully saturated rings. The van der Waals surface area contributed by atoms with E-state index in [1.807, 2.05) is 25.1 Å². The zero-order valence-electron chi connectivity index (χ0n) is 21.5. The third-order valence-electron chi connectivity index (χ3n) is 5.93. The van der Waals surface area contributed by atoms with Crippen LogP contribution < -0.4 is 14.4 Å². The number of anilines is 1. The lowest BCUT2D eigenvalue weighted by Crippen LogP contribution is -2.51. The number of nitrogens with zero attached hydrogens (tertiary/aromatic N) is 2. The first-order valence-electron chi connectivity index (χ1n) is 12.0. The SMILES string of the molecule is CCNC(=O)[C@H](C)N(Cc1ccc(OC)cc1)C(=O)CN(c1cccc(C)c1)S(=O)(=O)c1ccccc1. The summed E-state index contributed by atoms with van der Waals surface area (Å²) in [5.74, 6) is -0.161. The molecule has 0 aliphatic rings. The first-order valence-corrected chi connectivity index (χ1v) is 13.5. The van der Waals surface area contributed by atoms with Crippen molar-refractivity contribution < 1.29 is 22.7 Å². The van der Waals surface area contributed by atoms with E-state index in [-0.39, 0.29) is 17.3 Å². The van der Waals surface area contributed by atoms with Crippen molar-refractivity contribution in [1.29, 1.82) is 0 Å². The quantitative estimate of drug-likeness (QED) is 0.413. The van der Waals surface area contributed by atoms with Gasteiger partial charge in [0.05, 0.1) is 17.7 Å². The summed E-state index contributed by atoms with van der Waals surface area (Å²) >= 11 is 0. The molecule has 0 aromatic heterocycles. The number of hydrogen-bond acceptors (Lipinski definition) is 5. The van der Waals surface area contributed by atoms with Gasteiger partial charge in [0.2, 0.25) is 11.8 Å². The molecule has 8 nitrogen and oxygen atoms in total. The third kappa shape index (κ3) is 6.89. The largest absolute Gasteiger partial charge is 0.497 e. The minimum Gasteiger partial charge on any atom is -0.497 e. The molecule has 3 rings (SSSR count). The molecule has 0 aliphatic heterocycles.